The Hall–Kier alpha value is -0.980. The van der Waals surface area contributed by atoms with Crippen molar-refractivity contribution in [3.05, 3.63) is 29.8 Å². The quantitative estimate of drug-likeness (QED) is 0.743. The van der Waals surface area contributed by atoms with Gasteiger partial charge >= 0.3 is 0 Å². The van der Waals surface area contributed by atoms with Crippen LogP contribution in [0.25, 0.3) is 0 Å². The molecule has 13 heavy (non-hydrogen) atoms. The minimum absolute atomic E-state index is 0.641. The van der Waals surface area contributed by atoms with Gasteiger partial charge in [0.2, 0.25) is 0 Å². The van der Waals surface area contributed by atoms with E-state index in [1.165, 1.54) is 24.1 Å². The number of nitrogens with one attached hydrogen (secondary N) is 1. The van der Waals surface area contributed by atoms with Crippen LogP contribution in [0.4, 0.5) is 5.69 Å². The zero-order chi connectivity index (χ0) is 9.26. The van der Waals surface area contributed by atoms with Gasteiger partial charge in [-0.05, 0) is 50.3 Å². The molecule has 1 aliphatic carbocycles. The van der Waals surface area contributed by atoms with E-state index in [1.54, 1.807) is 0 Å². The lowest BCUT2D eigenvalue weighted by molar-refractivity contribution is 0.694. The highest BCUT2D eigenvalue weighted by atomic mass is 14.9. The molecule has 0 bridgehead atoms. The number of aryl methyl sites for hydroxylation is 1. The Kier molecular flexibility index (Phi) is 2.26. The summed E-state index contributed by atoms with van der Waals surface area (Å²) in [5, 5.41) is 3.54. The molecule has 0 spiro atoms. The van der Waals surface area contributed by atoms with E-state index < -0.39 is 0 Å². The molecule has 0 amide bonds. The maximum atomic E-state index is 3.54. The zero-order valence-electron chi connectivity index (χ0n) is 8.38. The topological polar surface area (TPSA) is 12.0 Å². The maximum absolute atomic E-state index is 3.54. The van der Waals surface area contributed by atoms with Crippen LogP contribution in [0.1, 0.15) is 25.3 Å². The summed E-state index contributed by atoms with van der Waals surface area (Å²) >= 11 is 0. The summed E-state index contributed by atoms with van der Waals surface area (Å²) in [6, 6.07) is 9.23. The molecule has 1 aromatic carbocycles. The fourth-order valence-corrected chi connectivity index (χ4v) is 1.71. The number of rotatable bonds is 3. The first kappa shape index (κ1) is 8.61. The lowest BCUT2D eigenvalue weighted by Gasteiger charge is -2.14. The molecule has 0 aliphatic heterocycles. The van der Waals surface area contributed by atoms with Crippen LogP contribution in [0.3, 0.4) is 0 Å². The molecule has 1 aliphatic rings. The van der Waals surface area contributed by atoms with Gasteiger partial charge in [0.25, 0.3) is 0 Å². The molecule has 1 heteroatoms. The Bertz CT molecular complexity index is 289. The maximum Gasteiger partial charge on any atom is 0.0344 e. The van der Waals surface area contributed by atoms with Gasteiger partial charge in [-0.3, -0.25) is 0 Å². The number of anilines is 1. The summed E-state index contributed by atoms with van der Waals surface area (Å²) in [4.78, 5) is 0. The molecular formula is C12H17N. The number of benzene rings is 1. The van der Waals surface area contributed by atoms with Gasteiger partial charge in [0.1, 0.15) is 0 Å². The second-order valence-electron chi connectivity index (χ2n) is 4.14. The lowest BCUT2D eigenvalue weighted by atomic mass is 10.2. The van der Waals surface area contributed by atoms with Gasteiger partial charge in [-0.15, -0.1) is 0 Å². The fourth-order valence-electron chi connectivity index (χ4n) is 1.71. The van der Waals surface area contributed by atoms with Crippen LogP contribution in [0, 0.1) is 12.8 Å². The molecular weight excluding hydrogens is 158 g/mol. The molecule has 1 saturated carbocycles. The molecule has 0 aromatic heterocycles. The lowest BCUT2D eigenvalue weighted by Crippen LogP contribution is -2.17. The van der Waals surface area contributed by atoms with Gasteiger partial charge in [-0.25, -0.2) is 0 Å². The highest BCUT2D eigenvalue weighted by Gasteiger charge is 2.27. The third kappa shape index (κ3) is 2.24. The van der Waals surface area contributed by atoms with Crippen LogP contribution in [0.5, 0.6) is 0 Å². The van der Waals surface area contributed by atoms with Gasteiger partial charge < -0.3 is 5.32 Å². The minimum atomic E-state index is 0.641. The van der Waals surface area contributed by atoms with E-state index in [2.05, 4.69) is 43.4 Å². The predicted molar refractivity (Wildman–Crippen MR) is 57.0 cm³/mol. The largest absolute Gasteiger partial charge is 0.382 e. The standard InChI is InChI=1S/C12H17N/c1-9-4-3-5-12(8-9)13-10(2)11-6-7-11/h3-5,8,10-11,13H,6-7H2,1-2H3/t10-/m0/s1. The smallest absolute Gasteiger partial charge is 0.0344 e. The van der Waals surface area contributed by atoms with Gasteiger partial charge in [-0.2, -0.15) is 0 Å². The second kappa shape index (κ2) is 3.41. The molecule has 1 N–H and O–H groups in total. The van der Waals surface area contributed by atoms with E-state index in [-0.39, 0.29) is 0 Å². The summed E-state index contributed by atoms with van der Waals surface area (Å²) < 4.78 is 0. The monoisotopic (exact) mass is 175 g/mol. The van der Waals surface area contributed by atoms with Gasteiger partial charge in [0, 0.05) is 11.7 Å². The summed E-state index contributed by atoms with van der Waals surface area (Å²) in [6.45, 7) is 4.41. The van der Waals surface area contributed by atoms with Crippen molar-refractivity contribution in [1.29, 1.82) is 0 Å². The fraction of sp³-hybridized carbons (Fsp3) is 0.500. The van der Waals surface area contributed by atoms with E-state index in [9.17, 15) is 0 Å². The van der Waals surface area contributed by atoms with Crippen molar-refractivity contribution < 1.29 is 0 Å². The Morgan fingerprint density at radius 2 is 2.15 bits per heavy atom. The summed E-state index contributed by atoms with van der Waals surface area (Å²) in [5.74, 6) is 0.917. The normalized spacial score (nSPS) is 18.3. The van der Waals surface area contributed by atoms with Crippen molar-refractivity contribution in [2.45, 2.75) is 32.7 Å². The van der Waals surface area contributed by atoms with E-state index in [4.69, 9.17) is 0 Å². The Morgan fingerprint density at radius 1 is 1.38 bits per heavy atom. The van der Waals surface area contributed by atoms with Gasteiger partial charge in [0.15, 0.2) is 0 Å². The third-order valence-electron chi connectivity index (χ3n) is 2.74. The SMILES string of the molecule is Cc1cccc(N[C@@H](C)C2CC2)c1. The van der Waals surface area contributed by atoms with E-state index >= 15 is 0 Å². The highest BCUT2D eigenvalue weighted by molar-refractivity contribution is 5.46. The van der Waals surface area contributed by atoms with Crippen LogP contribution < -0.4 is 5.32 Å². The molecule has 0 saturated heterocycles. The average molecular weight is 175 g/mol. The molecule has 70 valence electrons. The predicted octanol–water partition coefficient (Wildman–Crippen LogP) is 3.21. The summed E-state index contributed by atoms with van der Waals surface area (Å²) in [7, 11) is 0. The van der Waals surface area contributed by atoms with Crippen LogP contribution in [-0.4, -0.2) is 6.04 Å². The molecule has 1 atom stereocenters. The van der Waals surface area contributed by atoms with Crippen molar-refractivity contribution in [2.24, 2.45) is 5.92 Å². The minimum Gasteiger partial charge on any atom is -0.382 e. The van der Waals surface area contributed by atoms with Crippen LogP contribution in [0.15, 0.2) is 24.3 Å². The molecule has 2 rings (SSSR count). The Morgan fingerprint density at radius 3 is 2.77 bits per heavy atom. The highest BCUT2D eigenvalue weighted by Crippen LogP contribution is 2.33. The van der Waals surface area contributed by atoms with Crippen molar-refractivity contribution >= 4 is 5.69 Å². The summed E-state index contributed by atoms with van der Waals surface area (Å²) in [5.41, 5.74) is 2.59. The van der Waals surface area contributed by atoms with Gasteiger partial charge in [-0.1, -0.05) is 12.1 Å². The molecule has 1 fully saturated rings. The van der Waals surface area contributed by atoms with Crippen molar-refractivity contribution in [2.75, 3.05) is 5.32 Å². The Labute approximate surface area is 80.2 Å². The first-order valence-corrected chi connectivity index (χ1v) is 5.09. The van der Waals surface area contributed by atoms with Gasteiger partial charge in [0.05, 0.1) is 0 Å². The molecule has 0 radical (unpaired) electrons. The molecule has 0 heterocycles. The first-order chi connectivity index (χ1) is 6.25. The summed E-state index contributed by atoms with van der Waals surface area (Å²) in [6.07, 6.45) is 2.81. The van der Waals surface area contributed by atoms with E-state index in [0.717, 1.165) is 5.92 Å². The second-order valence-corrected chi connectivity index (χ2v) is 4.14. The average Bonchev–Trinajstić information content (AvgIpc) is 2.85. The first-order valence-electron chi connectivity index (χ1n) is 5.09. The Balaban J connectivity index is 2.00. The number of hydrogen-bond acceptors (Lipinski definition) is 1. The third-order valence-corrected chi connectivity index (χ3v) is 2.74. The van der Waals surface area contributed by atoms with Crippen molar-refractivity contribution in [3.8, 4) is 0 Å². The van der Waals surface area contributed by atoms with E-state index in [1.807, 2.05) is 0 Å². The molecule has 0 unspecified atom stereocenters. The number of hydrogen-bond donors (Lipinski definition) is 1. The van der Waals surface area contributed by atoms with Crippen LogP contribution in [0.2, 0.25) is 0 Å². The van der Waals surface area contributed by atoms with Crippen molar-refractivity contribution in [1.82, 2.24) is 0 Å². The molecule has 1 aromatic rings. The van der Waals surface area contributed by atoms with Crippen LogP contribution >= 0.6 is 0 Å². The van der Waals surface area contributed by atoms with E-state index in [0.29, 0.717) is 6.04 Å². The zero-order valence-corrected chi connectivity index (χ0v) is 8.38. The molecule has 1 nitrogen and oxygen atoms in total. The van der Waals surface area contributed by atoms with Crippen molar-refractivity contribution in [3.63, 3.8) is 0 Å². The van der Waals surface area contributed by atoms with Crippen LogP contribution in [-0.2, 0) is 0 Å².